The third-order valence-corrected chi connectivity index (χ3v) is 10.8. The van der Waals surface area contributed by atoms with Gasteiger partial charge in [0.2, 0.25) is 5.91 Å². The molecule has 0 aromatic heterocycles. The summed E-state index contributed by atoms with van der Waals surface area (Å²) in [6.45, 7) is 0. The van der Waals surface area contributed by atoms with Crippen molar-refractivity contribution in [2.75, 3.05) is 5.32 Å². The predicted octanol–water partition coefficient (Wildman–Crippen LogP) is 3.34. The lowest BCUT2D eigenvalue weighted by molar-refractivity contribution is -0.184. The fraction of sp³-hybridized carbons (Fsp3) is 0.462. The Balaban J connectivity index is 1.28. The van der Waals surface area contributed by atoms with Crippen molar-refractivity contribution in [1.29, 1.82) is 0 Å². The highest BCUT2D eigenvalue weighted by Crippen LogP contribution is 2.57. The minimum Gasteiger partial charge on any atom is -0.393 e. The molecule has 8 nitrogen and oxygen atoms in total. The summed E-state index contributed by atoms with van der Waals surface area (Å²) >= 11 is 6.20. The molecule has 4 aliphatic rings. The average molecular weight is 587 g/mol. The van der Waals surface area contributed by atoms with Gasteiger partial charge in [0, 0.05) is 29.4 Å². The van der Waals surface area contributed by atoms with Crippen LogP contribution in [0.4, 0.5) is 18.9 Å². The van der Waals surface area contributed by atoms with E-state index in [2.05, 4.69) is 10.6 Å². The normalized spacial score (nSPS) is 29.6. The summed E-state index contributed by atoms with van der Waals surface area (Å²) in [4.78, 5) is 24.8. The molecule has 0 heterocycles. The molecule has 2 aromatic rings. The van der Waals surface area contributed by atoms with Gasteiger partial charge in [0.25, 0.3) is 5.91 Å². The molecule has 4 aliphatic carbocycles. The average Bonchev–Trinajstić information content (AvgIpc) is 2.86. The number of carbonyl (C=O) groups is 2. The molecule has 4 fully saturated rings. The maximum atomic E-state index is 13.5. The number of sulfone groups is 1. The van der Waals surface area contributed by atoms with Crippen molar-refractivity contribution in [3.63, 3.8) is 0 Å². The van der Waals surface area contributed by atoms with Crippen molar-refractivity contribution in [2.45, 2.75) is 66.4 Å². The van der Waals surface area contributed by atoms with Crippen LogP contribution in [-0.2, 0) is 14.6 Å². The number of aliphatic hydroxyl groups excluding tert-OH is 1. The molecule has 4 saturated carbocycles. The fourth-order valence-electron chi connectivity index (χ4n) is 5.91. The number of nitrogens with one attached hydrogen (secondary N) is 2. The van der Waals surface area contributed by atoms with Crippen LogP contribution in [0, 0.1) is 29.3 Å². The van der Waals surface area contributed by atoms with Gasteiger partial charge in [-0.1, -0.05) is 11.6 Å². The molecule has 2 unspecified atom stereocenters. The van der Waals surface area contributed by atoms with Crippen molar-refractivity contribution in [3.8, 4) is 0 Å². The van der Waals surface area contributed by atoms with E-state index >= 15 is 0 Å². The van der Waals surface area contributed by atoms with E-state index < -0.39 is 62.0 Å². The van der Waals surface area contributed by atoms with E-state index in [0.717, 1.165) is 6.07 Å². The van der Waals surface area contributed by atoms with Crippen molar-refractivity contribution in [1.82, 2.24) is 5.32 Å². The number of anilines is 1. The van der Waals surface area contributed by atoms with Gasteiger partial charge in [-0.2, -0.15) is 0 Å². The molecule has 6 rings (SSSR count). The lowest BCUT2D eigenvalue weighted by Crippen LogP contribution is -2.63. The zero-order chi connectivity index (χ0) is 28.3. The summed E-state index contributed by atoms with van der Waals surface area (Å²) in [5, 5.41) is 24.5. The summed E-state index contributed by atoms with van der Waals surface area (Å²) in [6, 6.07) is 4.58. The molecule has 2 amide bonds. The van der Waals surface area contributed by atoms with E-state index in [1.54, 1.807) is 0 Å². The fourth-order valence-corrected chi connectivity index (χ4v) is 8.31. The summed E-state index contributed by atoms with van der Waals surface area (Å²) in [6.07, 6.45) is 1.14. The van der Waals surface area contributed by atoms with Crippen LogP contribution in [0.5, 0.6) is 0 Å². The molecular formula is C26H26ClF3N2O6S. The maximum Gasteiger partial charge on any atom is 0.255 e. The van der Waals surface area contributed by atoms with Crippen molar-refractivity contribution in [2.24, 2.45) is 11.8 Å². The highest BCUT2D eigenvalue weighted by atomic mass is 35.5. The van der Waals surface area contributed by atoms with Gasteiger partial charge in [0.1, 0.15) is 0 Å². The van der Waals surface area contributed by atoms with Crippen LogP contribution in [0.1, 0.15) is 48.9 Å². The first-order chi connectivity index (χ1) is 18.3. The van der Waals surface area contributed by atoms with Gasteiger partial charge >= 0.3 is 0 Å². The molecule has 4 N–H and O–H groups in total. The quantitative estimate of drug-likeness (QED) is 0.368. The number of hydrogen-bond donors (Lipinski definition) is 4. The second-order valence-corrected chi connectivity index (χ2v) is 13.3. The van der Waals surface area contributed by atoms with E-state index in [0.29, 0.717) is 31.4 Å². The molecular weight excluding hydrogens is 561 g/mol. The Morgan fingerprint density at radius 2 is 1.62 bits per heavy atom. The van der Waals surface area contributed by atoms with Crippen molar-refractivity contribution < 1.29 is 41.4 Å². The standard InChI is InChI=1S/C26H26ClF3N2O6S/c27-19-2-1-12(25(35)32-16-9-20(28)24(30)21(29)10-16)3-22(19)39(37,38)18-5-13-4-14(6-18)26(13,36)11-23(34)31-15-7-17(33)8-15/h1-3,9-10,13-15,17-18,33,36H,4-8,11H2,(H,31,34)(H,32,35)/t13?,14?,15-,17-,18?,26?. The first-order valence-corrected chi connectivity index (χ1v) is 14.4. The minimum atomic E-state index is -4.06. The van der Waals surface area contributed by atoms with Gasteiger partial charge in [0.05, 0.1) is 33.3 Å². The third-order valence-electron chi connectivity index (χ3n) is 8.18. The van der Waals surface area contributed by atoms with Crippen LogP contribution in [0.15, 0.2) is 35.2 Å². The maximum absolute atomic E-state index is 13.5. The van der Waals surface area contributed by atoms with Gasteiger partial charge in [-0.3, -0.25) is 9.59 Å². The number of hydrogen-bond acceptors (Lipinski definition) is 6. The molecule has 2 aromatic carbocycles. The van der Waals surface area contributed by atoms with Crippen LogP contribution in [0.3, 0.4) is 0 Å². The van der Waals surface area contributed by atoms with Gasteiger partial charge in [-0.05, 0) is 62.1 Å². The Hall–Kier alpha value is -2.67. The number of fused-ring (bicyclic) bond motifs is 2. The van der Waals surface area contributed by atoms with E-state index in [4.69, 9.17) is 11.6 Å². The van der Waals surface area contributed by atoms with Crippen molar-refractivity contribution >= 4 is 38.9 Å². The summed E-state index contributed by atoms with van der Waals surface area (Å²) < 4.78 is 67.3. The first kappa shape index (κ1) is 27.9. The second-order valence-electron chi connectivity index (χ2n) is 10.7. The monoisotopic (exact) mass is 586 g/mol. The van der Waals surface area contributed by atoms with Crippen LogP contribution in [0.2, 0.25) is 5.02 Å². The van der Waals surface area contributed by atoms with Gasteiger partial charge < -0.3 is 20.8 Å². The first-order valence-electron chi connectivity index (χ1n) is 12.5. The molecule has 39 heavy (non-hydrogen) atoms. The molecule has 0 saturated heterocycles. The lowest BCUT2D eigenvalue weighted by Gasteiger charge is -2.58. The zero-order valence-electron chi connectivity index (χ0n) is 20.5. The predicted molar refractivity (Wildman–Crippen MR) is 134 cm³/mol. The number of halogens is 4. The highest BCUT2D eigenvalue weighted by molar-refractivity contribution is 7.92. The van der Waals surface area contributed by atoms with E-state index in [-0.39, 0.29) is 52.4 Å². The Kier molecular flexibility index (Phi) is 7.19. The molecule has 210 valence electrons. The van der Waals surface area contributed by atoms with Crippen LogP contribution >= 0.6 is 11.6 Å². The summed E-state index contributed by atoms with van der Waals surface area (Å²) in [5.74, 6) is -6.75. The molecule has 2 atom stereocenters. The third kappa shape index (κ3) is 5.15. The van der Waals surface area contributed by atoms with E-state index in [9.17, 15) is 41.4 Å². The number of rotatable bonds is 7. The molecule has 13 heteroatoms. The Morgan fingerprint density at radius 1 is 1.00 bits per heavy atom. The SMILES string of the molecule is O=C(CC1(O)C2CC1CC(S(=O)(=O)c1cc(C(=O)Nc3cc(F)c(F)c(F)c3)ccc1Cl)C2)N[C@H]1C[C@H](O)C1. The summed E-state index contributed by atoms with van der Waals surface area (Å²) in [7, 11) is -4.06. The highest BCUT2D eigenvalue weighted by Gasteiger charge is 2.60. The van der Waals surface area contributed by atoms with Crippen LogP contribution < -0.4 is 10.6 Å². The number of amides is 2. The molecule has 0 radical (unpaired) electrons. The largest absolute Gasteiger partial charge is 0.393 e. The van der Waals surface area contributed by atoms with Crippen LogP contribution in [-0.4, -0.2) is 53.4 Å². The summed E-state index contributed by atoms with van der Waals surface area (Å²) in [5.41, 5.74) is -1.83. The topological polar surface area (TPSA) is 133 Å². The molecule has 2 bridgehead atoms. The smallest absolute Gasteiger partial charge is 0.255 e. The van der Waals surface area contributed by atoms with Gasteiger partial charge in [-0.25, -0.2) is 21.6 Å². The number of benzene rings is 2. The Labute approximate surface area is 227 Å². The zero-order valence-corrected chi connectivity index (χ0v) is 22.0. The van der Waals surface area contributed by atoms with E-state index in [1.165, 1.54) is 12.1 Å². The lowest BCUT2D eigenvalue weighted by atomic mass is 9.52. The van der Waals surface area contributed by atoms with Gasteiger partial charge in [0.15, 0.2) is 27.3 Å². The van der Waals surface area contributed by atoms with Crippen molar-refractivity contribution in [3.05, 3.63) is 58.4 Å². The minimum absolute atomic E-state index is 0.103. The number of aliphatic hydroxyl groups is 2. The Morgan fingerprint density at radius 3 is 2.21 bits per heavy atom. The molecule has 0 aliphatic heterocycles. The van der Waals surface area contributed by atoms with E-state index in [1.807, 2.05) is 0 Å². The van der Waals surface area contributed by atoms with Gasteiger partial charge in [-0.15, -0.1) is 0 Å². The molecule has 0 spiro atoms. The second kappa shape index (κ2) is 10.1. The van der Waals surface area contributed by atoms with Crippen LogP contribution in [0.25, 0.3) is 0 Å². The Bertz CT molecular complexity index is 1410. The number of carbonyl (C=O) groups excluding carboxylic acids is 2.